The normalized spacial score (nSPS) is 10.6. The Hall–Kier alpha value is -1.63. The smallest absolute Gasteiger partial charge is 0.316 e. The average molecular weight is 238 g/mol. The van der Waals surface area contributed by atoms with Gasteiger partial charge in [-0.15, -0.1) is 5.10 Å². The van der Waals surface area contributed by atoms with E-state index in [-0.39, 0.29) is 11.7 Å². The van der Waals surface area contributed by atoms with Gasteiger partial charge in [0.2, 0.25) is 0 Å². The molecule has 0 aliphatic rings. The molecule has 0 fully saturated rings. The Morgan fingerprint density at radius 3 is 3.25 bits per heavy atom. The number of ether oxygens (including phenoxy) is 1. The van der Waals surface area contributed by atoms with E-state index in [2.05, 4.69) is 15.2 Å². The highest BCUT2D eigenvalue weighted by atomic mass is 32.2. The SMILES string of the molecule is CCOC(=O)CSc1nncc2cncn12. The van der Waals surface area contributed by atoms with Crippen molar-refractivity contribution in [3.05, 3.63) is 18.7 Å². The summed E-state index contributed by atoms with van der Waals surface area (Å²) in [6.07, 6.45) is 4.93. The summed E-state index contributed by atoms with van der Waals surface area (Å²) < 4.78 is 6.60. The van der Waals surface area contributed by atoms with E-state index in [9.17, 15) is 4.79 Å². The molecule has 0 spiro atoms. The van der Waals surface area contributed by atoms with Crippen LogP contribution in [0.3, 0.4) is 0 Å². The molecule has 2 aromatic rings. The molecule has 0 saturated carbocycles. The van der Waals surface area contributed by atoms with Crippen LogP contribution in [-0.4, -0.2) is 37.9 Å². The molecule has 0 unspecified atom stereocenters. The fourth-order valence-corrected chi connectivity index (χ4v) is 1.90. The Bertz CT molecular complexity index is 499. The predicted octanol–water partition coefficient (Wildman–Crippen LogP) is 0.779. The zero-order valence-electron chi connectivity index (χ0n) is 8.66. The number of thioether (sulfide) groups is 1. The molecule has 0 aromatic carbocycles. The number of rotatable bonds is 4. The summed E-state index contributed by atoms with van der Waals surface area (Å²) in [6, 6.07) is 0. The van der Waals surface area contributed by atoms with Gasteiger partial charge in [0, 0.05) is 0 Å². The van der Waals surface area contributed by atoms with Gasteiger partial charge in [-0.2, -0.15) is 5.10 Å². The van der Waals surface area contributed by atoms with Crippen LogP contribution in [0.1, 0.15) is 6.92 Å². The third-order valence-corrected chi connectivity index (χ3v) is 2.75. The third-order valence-electron chi connectivity index (χ3n) is 1.83. The minimum absolute atomic E-state index is 0.222. The highest BCUT2D eigenvalue weighted by Gasteiger charge is 2.07. The van der Waals surface area contributed by atoms with Crippen molar-refractivity contribution >= 4 is 23.2 Å². The Kier molecular flexibility index (Phi) is 3.35. The van der Waals surface area contributed by atoms with Crippen molar-refractivity contribution in [1.29, 1.82) is 0 Å². The van der Waals surface area contributed by atoms with E-state index in [0.717, 1.165) is 5.52 Å². The summed E-state index contributed by atoms with van der Waals surface area (Å²) in [7, 11) is 0. The number of hydrogen-bond acceptors (Lipinski definition) is 6. The molecular weight excluding hydrogens is 228 g/mol. The number of nitrogens with zero attached hydrogens (tertiary/aromatic N) is 4. The van der Waals surface area contributed by atoms with Crippen molar-refractivity contribution in [3.8, 4) is 0 Å². The lowest BCUT2D eigenvalue weighted by atomic mass is 10.6. The van der Waals surface area contributed by atoms with Gasteiger partial charge in [0.05, 0.1) is 30.3 Å². The first-order valence-electron chi connectivity index (χ1n) is 4.73. The molecule has 16 heavy (non-hydrogen) atoms. The maximum absolute atomic E-state index is 11.2. The van der Waals surface area contributed by atoms with E-state index >= 15 is 0 Å². The summed E-state index contributed by atoms with van der Waals surface area (Å²) in [5.41, 5.74) is 0.848. The molecule has 84 valence electrons. The van der Waals surface area contributed by atoms with Crippen LogP contribution in [0, 0.1) is 0 Å². The molecule has 7 heteroatoms. The van der Waals surface area contributed by atoms with Gasteiger partial charge in [0.15, 0.2) is 5.16 Å². The number of imidazole rings is 1. The molecule has 0 N–H and O–H groups in total. The molecule has 0 radical (unpaired) electrons. The second-order valence-corrected chi connectivity index (χ2v) is 3.85. The predicted molar refractivity (Wildman–Crippen MR) is 58.1 cm³/mol. The van der Waals surface area contributed by atoms with E-state index in [0.29, 0.717) is 11.8 Å². The number of carbonyl (C=O) groups is 1. The Morgan fingerprint density at radius 2 is 2.44 bits per heavy atom. The third kappa shape index (κ3) is 2.30. The molecule has 0 aliphatic heterocycles. The van der Waals surface area contributed by atoms with Gasteiger partial charge in [-0.1, -0.05) is 11.8 Å². The van der Waals surface area contributed by atoms with Crippen LogP contribution in [0.4, 0.5) is 0 Å². The summed E-state index contributed by atoms with van der Waals surface area (Å²) in [6.45, 7) is 2.17. The number of esters is 1. The van der Waals surface area contributed by atoms with Gasteiger partial charge in [0.25, 0.3) is 0 Å². The molecule has 0 bridgehead atoms. The molecular formula is C9H10N4O2S. The minimum atomic E-state index is -0.258. The number of hydrogen-bond donors (Lipinski definition) is 0. The molecule has 2 aromatic heterocycles. The minimum Gasteiger partial charge on any atom is -0.465 e. The van der Waals surface area contributed by atoms with Gasteiger partial charge >= 0.3 is 5.97 Å². The van der Waals surface area contributed by atoms with Gasteiger partial charge in [-0.25, -0.2) is 4.98 Å². The first-order chi connectivity index (χ1) is 7.81. The van der Waals surface area contributed by atoms with Crippen LogP contribution in [0.15, 0.2) is 23.9 Å². The van der Waals surface area contributed by atoms with Gasteiger partial charge < -0.3 is 4.74 Å². The van der Waals surface area contributed by atoms with Crippen molar-refractivity contribution in [2.75, 3.05) is 12.4 Å². The topological polar surface area (TPSA) is 69.4 Å². The van der Waals surface area contributed by atoms with Crippen LogP contribution in [0.2, 0.25) is 0 Å². The maximum Gasteiger partial charge on any atom is 0.316 e. The summed E-state index contributed by atoms with van der Waals surface area (Å²) in [5, 5.41) is 8.39. The van der Waals surface area contributed by atoms with Crippen molar-refractivity contribution < 1.29 is 9.53 Å². The van der Waals surface area contributed by atoms with Crippen molar-refractivity contribution in [3.63, 3.8) is 0 Å². The monoisotopic (exact) mass is 238 g/mol. The first-order valence-corrected chi connectivity index (χ1v) is 5.72. The lowest BCUT2D eigenvalue weighted by Gasteiger charge is -2.02. The standard InChI is InChI=1S/C9H10N4O2S/c1-2-15-8(14)5-16-9-12-11-4-7-3-10-6-13(7)9/h3-4,6H,2,5H2,1H3. The second-order valence-electron chi connectivity index (χ2n) is 2.91. The van der Waals surface area contributed by atoms with Crippen LogP contribution in [0.25, 0.3) is 5.52 Å². The molecule has 6 nitrogen and oxygen atoms in total. The fraction of sp³-hybridized carbons (Fsp3) is 0.333. The van der Waals surface area contributed by atoms with E-state index in [1.165, 1.54) is 11.8 Å². The van der Waals surface area contributed by atoms with E-state index < -0.39 is 0 Å². The Balaban J connectivity index is 2.09. The van der Waals surface area contributed by atoms with E-state index in [1.54, 1.807) is 30.0 Å². The highest BCUT2D eigenvalue weighted by Crippen LogP contribution is 2.15. The summed E-state index contributed by atoms with van der Waals surface area (Å²) in [4.78, 5) is 15.2. The van der Waals surface area contributed by atoms with Crippen LogP contribution >= 0.6 is 11.8 Å². The zero-order valence-corrected chi connectivity index (χ0v) is 9.48. The molecule has 0 saturated heterocycles. The van der Waals surface area contributed by atoms with Crippen molar-refractivity contribution in [2.45, 2.75) is 12.1 Å². The van der Waals surface area contributed by atoms with Gasteiger partial charge in [-0.05, 0) is 6.92 Å². The molecule has 0 aliphatic carbocycles. The van der Waals surface area contributed by atoms with Gasteiger partial charge in [0.1, 0.15) is 6.33 Å². The zero-order chi connectivity index (χ0) is 11.4. The largest absolute Gasteiger partial charge is 0.465 e. The molecule has 0 atom stereocenters. The lowest BCUT2D eigenvalue weighted by molar-refractivity contribution is -0.139. The van der Waals surface area contributed by atoms with Gasteiger partial charge in [-0.3, -0.25) is 9.20 Å². The Labute approximate surface area is 96.0 Å². The average Bonchev–Trinajstić information content (AvgIpc) is 2.75. The Morgan fingerprint density at radius 1 is 1.56 bits per heavy atom. The molecule has 0 amide bonds. The van der Waals surface area contributed by atoms with Crippen LogP contribution < -0.4 is 0 Å². The summed E-state index contributed by atoms with van der Waals surface area (Å²) in [5.74, 6) is -0.0359. The number of fused-ring (bicyclic) bond motifs is 1. The highest BCUT2D eigenvalue weighted by molar-refractivity contribution is 7.99. The van der Waals surface area contributed by atoms with E-state index in [1.807, 2.05) is 0 Å². The maximum atomic E-state index is 11.2. The second kappa shape index (κ2) is 4.93. The first kappa shape index (κ1) is 10.9. The fourth-order valence-electron chi connectivity index (χ4n) is 1.17. The quantitative estimate of drug-likeness (QED) is 0.579. The van der Waals surface area contributed by atoms with E-state index in [4.69, 9.17) is 4.74 Å². The lowest BCUT2D eigenvalue weighted by Crippen LogP contribution is -2.07. The number of aromatic nitrogens is 4. The van der Waals surface area contributed by atoms with Crippen molar-refractivity contribution in [1.82, 2.24) is 19.6 Å². The summed E-state index contributed by atoms with van der Waals surface area (Å²) >= 11 is 1.28. The number of carbonyl (C=O) groups excluding carboxylic acids is 1. The van der Waals surface area contributed by atoms with Crippen molar-refractivity contribution in [2.24, 2.45) is 0 Å². The molecule has 2 rings (SSSR count). The van der Waals surface area contributed by atoms with Crippen LogP contribution in [0.5, 0.6) is 0 Å². The van der Waals surface area contributed by atoms with Crippen LogP contribution in [-0.2, 0) is 9.53 Å². The molecule has 2 heterocycles.